The van der Waals surface area contributed by atoms with Crippen LogP contribution in [0.1, 0.15) is 38.5 Å². The van der Waals surface area contributed by atoms with Crippen LogP contribution in [0, 0.1) is 5.41 Å². The summed E-state index contributed by atoms with van der Waals surface area (Å²) in [5, 5.41) is 2.25. The van der Waals surface area contributed by atoms with E-state index in [0.717, 1.165) is 30.4 Å². The second kappa shape index (κ2) is 5.75. The number of rotatable bonds is 4. The summed E-state index contributed by atoms with van der Waals surface area (Å²) in [5.41, 5.74) is -1.13. The third kappa shape index (κ3) is 3.25. The monoisotopic (exact) mass is 316 g/mol. The van der Waals surface area contributed by atoms with Gasteiger partial charge in [-0.1, -0.05) is 19.3 Å². The Bertz CT molecular complexity index is 563. The second-order valence-corrected chi connectivity index (χ2v) is 8.10. The minimum atomic E-state index is -3.14. The number of barbiturate groups is 1. The smallest absolute Gasteiger partial charge is 0.277 e. The van der Waals surface area contributed by atoms with Gasteiger partial charge in [0.25, 0.3) is 0 Å². The maximum absolute atomic E-state index is 12.6. The zero-order chi connectivity index (χ0) is 15.7. The number of urea groups is 1. The summed E-state index contributed by atoms with van der Waals surface area (Å²) < 4.78 is 22.3. The molecular formula is C13H20N2O5S. The van der Waals surface area contributed by atoms with Crippen LogP contribution in [0.15, 0.2) is 0 Å². The van der Waals surface area contributed by atoms with Gasteiger partial charge in [-0.05, 0) is 19.3 Å². The van der Waals surface area contributed by atoms with Gasteiger partial charge >= 0.3 is 6.03 Å². The summed E-state index contributed by atoms with van der Waals surface area (Å²) in [6.45, 7) is 0.0206. The van der Waals surface area contributed by atoms with Crippen LogP contribution in [-0.2, 0) is 19.4 Å². The SMILES string of the molecule is CS(=O)(=O)CCCN1C(=O)NC(=O)C2(CCCCC2)C1=O. The Kier molecular flexibility index (Phi) is 4.36. The molecule has 1 spiro atoms. The lowest BCUT2D eigenvalue weighted by Crippen LogP contribution is -2.64. The van der Waals surface area contributed by atoms with Crippen LogP contribution in [0.3, 0.4) is 0 Å². The van der Waals surface area contributed by atoms with Gasteiger partial charge in [0.15, 0.2) is 0 Å². The number of nitrogens with zero attached hydrogens (tertiary/aromatic N) is 1. The van der Waals surface area contributed by atoms with Crippen molar-refractivity contribution in [1.82, 2.24) is 10.2 Å². The number of hydrogen-bond acceptors (Lipinski definition) is 5. The molecule has 0 radical (unpaired) electrons. The predicted octanol–water partition coefficient (Wildman–Crippen LogP) is 0.450. The van der Waals surface area contributed by atoms with Gasteiger partial charge in [0.1, 0.15) is 15.3 Å². The van der Waals surface area contributed by atoms with Crippen LogP contribution in [0.25, 0.3) is 0 Å². The third-order valence-corrected chi connectivity index (χ3v) is 5.19. The summed E-state index contributed by atoms with van der Waals surface area (Å²) in [6.07, 6.45) is 4.74. The molecule has 2 rings (SSSR count). The number of carbonyl (C=O) groups is 3. The molecule has 1 N–H and O–H groups in total. The fourth-order valence-corrected chi connectivity index (χ4v) is 3.67. The Balaban J connectivity index is 2.12. The van der Waals surface area contributed by atoms with E-state index >= 15 is 0 Å². The van der Waals surface area contributed by atoms with E-state index in [1.54, 1.807) is 0 Å². The van der Waals surface area contributed by atoms with Gasteiger partial charge in [-0.2, -0.15) is 0 Å². The molecule has 8 heteroatoms. The van der Waals surface area contributed by atoms with Gasteiger partial charge in [0, 0.05) is 12.8 Å². The summed E-state index contributed by atoms with van der Waals surface area (Å²) in [4.78, 5) is 37.5. The van der Waals surface area contributed by atoms with E-state index in [4.69, 9.17) is 0 Å². The lowest BCUT2D eigenvalue weighted by molar-refractivity contribution is -0.153. The van der Waals surface area contributed by atoms with E-state index in [1.165, 1.54) is 0 Å². The van der Waals surface area contributed by atoms with E-state index in [0.29, 0.717) is 12.8 Å². The Hall–Kier alpha value is -1.44. The van der Waals surface area contributed by atoms with Crippen molar-refractivity contribution in [3.8, 4) is 0 Å². The predicted molar refractivity (Wildman–Crippen MR) is 75.1 cm³/mol. The molecule has 2 fully saturated rings. The Morgan fingerprint density at radius 1 is 1.14 bits per heavy atom. The topological polar surface area (TPSA) is 101 Å². The van der Waals surface area contributed by atoms with Crippen molar-refractivity contribution < 1.29 is 22.8 Å². The number of imide groups is 2. The highest BCUT2D eigenvalue weighted by Gasteiger charge is 2.53. The first-order valence-electron chi connectivity index (χ1n) is 7.11. The van der Waals surface area contributed by atoms with Gasteiger partial charge in [-0.15, -0.1) is 0 Å². The first kappa shape index (κ1) is 15.9. The summed E-state index contributed by atoms with van der Waals surface area (Å²) in [5.74, 6) is -1.06. The van der Waals surface area contributed by atoms with Crippen LogP contribution in [0.5, 0.6) is 0 Å². The number of nitrogens with one attached hydrogen (secondary N) is 1. The van der Waals surface area contributed by atoms with Gasteiger partial charge < -0.3 is 0 Å². The quantitative estimate of drug-likeness (QED) is 0.759. The van der Waals surface area contributed by atoms with Crippen LogP contribution >= 0.6 is 0 Å². The average Bonchev–Trinajstić information content (AvgIpc) is 2.41. The fourth-order valence-electron chi connectivity index (χ4n) is 3.02. The second-order valence-electron chi connectivity index (χ2n) is 5.84. The molecule has 1 heterocycles. The van der Waals surface area contributed by atoms with Crippen molar-refractivity contribution in [2.24, 2.45) is 5.41 Å². The van der Waals surface area contributed by atoms with Crippen LogP contribution < -0.4 is 5.32 Å². The maximum Gasteiger partial charge on any atom is 0.330 e. The van der Waals surface area contributed by atoms with E-state index < -0.39 is 33.1 Å². The molecule has 21 heavy (non-hydrogen) atoms. The number of sulfone groups is 1. The fraction of sp³-hybridized carbons (Fsp3) is 0.769. The van der Waals surface area contributed by atoms with Crippen molar-refractivity contribution in [2.75, 3.05) is 18.6 Å². The third-order valence-electron chi connectivity index (χ3n) is 4.16. The molecule has 7 nitrogen and oxygen atoms in total. The van der Waals surface area contributed by atoms with Gasteiger partial charge in [0.05, 0.1) is 5.75 Å². The zero-order valence-electron chi connectivity index (χ0n) is 12.1. The summed E-state index contributed by atoms with van der Waals surface area (Å²) in [7, 11) is -3.14. The molecule has 0 atom stereocenters. The maximum atomic E-state index is 12.6. The summed E-state index contributed by atoms with van der Waals surface area (Å²) in [6, 6.07) is -0.741. The molecular weight excluding hydrogens is 296 g/mol. The molecule has 0 unspecified atom stereocenters. The molecule has 0 aromatic heterocycles. The normalized spacial score (nSPS) is 22.5. The van der Waals surface area contributed by atoms with Crippen LogP contribution in [0.2, 0.25) is 0 Å². The largest absolute Gasteiger partial charge is 0.330 e. The zero-order valence-corrected chi connectivity index (χ0v) is 12.9. The van der Waals surface area contributed by atoms with E-state index in [2.05, 4.69) is 5.32 Å². The van der Waals surface area contributed by atoms with E-state index in [9.17, 15) is 22.8 Å². The minimum absolute atomic E-state index is 0.0206. The Labute approximate surface area is 124 Å². The standard InChI is InChI=1S/C13H20N2O5S/c1-21(19,20)9-5-8-15-11(17)13(6-3-2-4-7-13)10(16)14-12(15)18/h2-9H2,1H3,(H,14,16,18). The molecule has 1 saturated heterocycles. The highest BCUT2D eigenvalue weighted by molar-refractivity contribution is 7.90. The number of carbonyl (C=O) groups excluding carboxylic acids is 3. The molecule has 0 bridgehead atoms. The molecule has 118 valence electrons. The molecule has 0 aromatic carbocycles. The first-order chi connectivity index (χ1) is 9.76. The lowest BCUT2D eigenvalue weighted by Gasteiger charge is -2.41. The Morgan fingerprint density at radius 3 is 2.33 bits per heavy atom. The molecule has 4 amide bonds. The van der Waals surface area contributed by atoms with Crippen molar-refractivity contribution in [2.45, 2.75) is 38.5 Å². The highest BCUT2D eigenvalue weighted by Crippen LogP contribution is 2.40. The van der Waals surface area contributed by atoms with Crippen molar-refractivity contribution in [3.05, 3.63) is 0 Å². The molecule has 2 aliphatic rings. The van der Waals surface area contributed by atoms with Crippen molar-refractivity contribution in [3.63, 3.8) is 0 Å². The van der Waals surface area contributed by atoms with Gasteiger partial charge in [-0.3, -0.25) is 19.8 Å². The van der Waals surface area contributed by atoms with Gasteiger partial charge in [0.2, 0.25) is 11.8 Å². The van der Waals surface area contributed by atoms with E-state index in [-0.39, 0.29) is 18.7 Å². The Morgan fingerprint density at radius 2 is 1.76 bits per heavy atom. The highest BCUT2D eigenvalue weighted by atomic mass is 32.2. The first-order valence-corrected chi connectivity index (χ1v) is 9.17. The number of amides is 4. The molecule has 1 aliphatic heterocycles. The number of hydrogen-bond donors (Lipinski definition) is 1. The average molecular weight is 316 g/mol. The van der Waals surface area contributed by atoms with Crippen LogP contribution in [0.4, 0.5) is 4.79 Å². The summed E-state index contributed by atoms with van der Waals surface area (Å²) >= 11 is 0. The molecule has 1 aliphatic carbocycles. The van der Waals surface area contributed by atoms with E-state index in [1.807, 2.05) is 0 Å². The van der Waals surface area contributed by atoms with Gasteiger partial charge in [-0.25, -0.2) is 13.2 Å². The van der Waals surface area contributed by atoms with Crippen molar-refractivity contribution >= 4 is 27.7 Å². The molecule has 1 saturated carbocycles. The lowest BCUT2D eigenvalue weighted by atomic mass is 9.71. The van der Waals surface area contributed by atoms with Crippen LogP contribution in [-0.4, -0.2) is 49.7 Å². The minimum Gasteiger partial charge on any atom is -0.277 e. The van der Waals surface area contributed by atoms with Crippen molar-refractivity contribution in [1.29, 1.82) is 0 Å². The molecule has 0 aromatic rings.